The molecule has 0 saturated carbocycles. The zero-order valence-corrected chi connectivity index (χ0v) is 18.7. The van der Waals surface area contributed by atoms with Gasteiger partial charge in [-0.05, 0) is 54.0 Å². The number of carbonyl (C=O) groups is 1. The largest absolute Gasteiger partial charge is 0.497 e. The van der Waals surface area contributed by atoms with Gasteiger partial charge in [0.25, 0.3) is 0 Å². The number of amides is 1. The highest BCUT2D eigenvalue weighted by atomic mass is 16.5. The lowest BCUT2D eigenvalue weighted by Crippen LogP contribution is -2.20. The zero-order chi connectivity index (χ0) is 22.9. The maximum Gasteiger partial charge on any atom is 0.244 e. The number of nitrogens with zero attached hydrogens (tertiary/aromatic N) is 2. The second-order valence-electron chi connectivity index (χ2n) is 7.50. The molecule has 8 heteroatoms. The van der Waals surface area contributed by atoms with E-state index in [4.69, 9.17) is 14.2 Å². The lowest BCUT2D eigenvalue weighted by atomic mass is 10.2. The van der Waals surface area contributed by atoms with Crippen molar-refractivity contribution in [2.75, 3.05) is 20.8 Å². The Balaban J connectivity index is 1.55. The Kier molecular flexibility index (Phi) is 7.85. The normalized spacial score (nSPS) is 11.0. The second kappa shape index (κ2) is 11.0. The van der Waals surface area contributed by atoms with E-state index in [9.17, 15) is 4.79 Å². The van der Waals surface area contributed by atoms with Crippen LogP contribution in [0.25, 0.3) is 17.5 Å². The molecular formula is C24H28N4O4. The summed E-state index contributed by atoms with van der Waals surface area (Å²) in [6.45, 7) is 5.01. The molecular weight excluding hydrogens is 408 g/mol. The van der Waals surface area contributed by atoms with E-state index in [1.165, 1.54) is 6.08 Å². The number of hydrogen-bond donors (Lipinski definition) is 2. The summed E-state index contributed by atoms with van der Waals surface area (Å²) < 4.78 is 16.3. The third kappa shape index (κ3) is 6.34. The minimum Gasteiger partial charge on any atom is -0.497 e. The number of H-pyrrole nitrogens is 1. The molecule has 0 aliphatic rings. The topological polar surface area (TPSA) is 98.4 Å². The lowest BCUT2D eigenvalue weighted by molar-refractivity contribution is -0.116. The summed E-state index contributed by atoms with van der Waals surface area (Å²) >= 11 is 0. The molecule has 0 unspecified atom stereocenters. The number of hydrogen-bond acceptors (Lipinski definition) is 6. The fraction of sp³-hybridized carbons (Fsp3) is 0.292. The SMILES string of the molecule is COc1ccc(-c2n[nH]c(CNC(=O)/C=C/c3ccc(OCC(C)C)c(OC)c3)n2)cc1. The van der Waals surface area contributed by atoms with Crippen LogP contribution in [0.3, 0.4) is 0 Å². The fourth-order valence-corrected chi connectivity index (χ4v) is 2.81. The molecule has 0 bridgehead atoms. The molecule has 32 heavy (non-hydrogen) atoms. The van der Waals surface area contributed by atoms with Crippen LogP contribution in [0.15, 0.2) is 48.5 Å². The first-order valence-corrected chi connectivity index (χ1v) is 10.3. The molecule has 1 heterocycles. The molecule has 0 atom stereocenters. The first kappa shape index (κ1) is 22.9. The molecule has 0 aliphatic heterocycles. The average Bonchev–Trinajstić information content (AvgIpc) is 3.29. The van der Waals surface area contributed by atoms with Crippen LogP contribution >= 0.6 is 0 Å². The Labute approximate surface area is 187 Å². The number of aromatic amines is 1. The Bertz CT molecular complexity index is 1060. The van der Waals surface area contributed by atoms with Crippen molar-refractivity contribution in [3.05, 3.63) is 59.9 Å². The van der Waals surface area contributed by atoms with E-state index in [1.54, 1.807) is 20.3 Å². The van der Waals surface area contributed by atoms with Crippen LogP contribution in [0.1, 0.15) is 25.2 Å². The van der Waals surface area contributed by atoms with Gasteiger partial charge in [-0.25, -0.2) is 4.98 Å². The van der Waals surface area contributed by atoms with Gasteiger partial charge in [0.05, 0.1) is 27.4 Å². The van der Waals surface area contributed by atoms with Gasteiger partial charge in [0.1, 0.15) is 11.6 Å². The van der Waals surface area contributed by atoms with E-state index in [0.29, 0.717) is 35.7 Å². The molecule has 0 saturated heterocycles. The van der Waals surface area contributed by atoms with E-state index < -0.39 is 0 Å². The van der Waals surface area contributed by atoms with Crippen molar-refractivity contribution in [2.24, 2.45) is 5.92 Å². The molecule has 0 spiro atoms. The highest BCUT2D eigenvalue weighted by Gasteiger charge is 2.08. The van der Waals surface area contributed by atoms with E-state index in [-0.39, 0.29) is 12.5 Å². The fourth-order valence-electron chi connectivity index (χ4n) is 2.81. The number of nitrogens with one attached hydrogen (secondary N) is 2. The van der Waals surface area contributed by atoms with Crippen LogP contribution in [0.5, 0.6) is 17.2 Å². The second-order valence-corrected chi connectivity index (χ2v) is 7.50. The third-order valence-corrected chi connectivity index (χ3v) is 4.50. The smallest absolute Gasteiger partial charge is 0.244 e. The molecule has 2 aromatic carbocycles. The van der Waals surface area contributed by atoms with Gasteiger partial charge < -0.3 is 19.5 Å². The lowest BCUT2D eigenvalue weighted by Gasteiger charge is -2.12. The van der Waals surface area contributed by atoms with E-state index in [2.05, 4.69) is 34.3 Å². The summed E-state index contributed by atoms with van der Waals surface area (Å²) in [6.07, 6.45) is 3.18. The number of benzene rings is 2. The van der Waals surface area contributed by atoms with Gasteiger partial charge in [0.2, 0.25) is 5.91 Å². The summed E-state index contributed by atoms with van der Waals surface area (Å²) in [7, 11) is 3.21. The first-order valence-electron chi connectivity index (χ1n) is 10.3. The highest BCUT2D eigenvalue weighted by molar-refractivity contribution is 5.91. The molecule has 0 aliphatic carbocycles. The average molecular weight is 437 g/mol. The molecule has 1 amide bonds. The molecule has 3 rings (SSSR count). The number of ether oxygens (including phenoxy) is 3. The Morgan fingerprint density at radius 2 is 1.88 bits per heavy atom. The number of rotatable bonds is 10. The van der Waals surface area contributed by atoms with Crippen molar-refractivity contribution in [3.8, 4) is 28.6 Å². The van der Waals surface area contributed by atoms with Crippen LogP contribution in [0.2, 0.25) is 0 Å². The van der Waals surface area contributed by atoms with Crippen molar-refractivity contribution in [1.82, 2.24) is 20.5 Å². The number of carbonyl (C=O) groups excluding carboxylic acids is 1. The molecule has 2 N–H and O–H groups in total. The highest BCUT2D eigenvalue weighted by Crippen LogP contribution is 2.29. The maximum absolute atomic E-state index is 12.2. The summed E-state index contributed by atoms with van der Waals surface area (Å²) in [5.74, 6) is 3.36. The van der Waals surface area contributed by atoms with Crippen molar-refractivity contribution in [2.45, 2.75) is 20.4 Å². The maximum atomic E-state index is 12.2. The molecule has 8 nitrogen and oxygen atoms in total. The van der Waals surface area contributed by atoms with Gasteiger partial charge in [0, 0.05) is 11.6 Å². The van der Waals surface area contributed by atoms with Gasteiger partial charge in [0.15, 0.2) is 17.3 Å². The van der Waals surface area contributed by atoms with Crippen LogP contribution in [-0.4, -0.2) is 41.9 Å². The van der Waals surface area contributed by atoms with E-state index >= 15 is 0 Å². The summed E-state index contributed by atoms with van der Waals surface area (Å²) in [4.78, 5) is 16.6. The van der Waals surface area contributed by atoms with Gasteiger partial charge in [-0.15, -0.1) is 0 Å². The predicted octanol–water partition coefficient (Wildman–Crippen LogP) is 3.85. The van der Waals surface area contributed by atoms with Crippen molar-refractivity contribution in [3.63, 3.8) is 0 Å². The van der Waals surface area contributed by atoms with Gasteiger partial charge >= 0.3 is 0 Å². The molecule has 1 aromatic heterocycles. The quantitative estimate of drug-likeness (QED) is 0.469. The van der Waals surface area contributed by atoms with Crippen molar-refractivity contribution in [1.29, 1.82) is 0 Å². The number of aromatic nitrogens is 3. The minimum atomic E-state index is -0.244. The monoisotopic (exact) mass is 436 g/mol. The van der Waals surface area contributed by atoms with Gasteiger partial charge in [-0.3, -0.25) is 9.89 Å². The van der Waals surface area contributed by atoms with Crippen LogP contribution in [0, 0.1) is 5.92 Å². The Morgan fingerprint density at radius 3 is 2.56 bits per heavy atom. The zero-order valence-electron chi connectivity index (χ0n) is 18.7. The Morgan fingerprint density at radius 1 is 1.09 bits per heavy atom. The van der Waals surface area contributed by atoms with Crippen LogP contribution in [0.4, 0.5) is 0 Å². The predicted molar refractivity (Wildman–Crippen MR) is 123 cm³/mol. The molecule has 0 fully saturated rings. The van der Waals surface area contributed by atoms with E-state index in [0.717, 1.165) is 16.9 Å². The van der Waals surface area contributed by atoms with Crippen LogP contribution < -0.4 is 19.5 Å². The van der Waals surface area contributed by atoms with E-state index in [1.807, 2.05) is 42.5 Å². The first-order chi connectivity index (χ1) is 15.5. The van der Waals surface area contributed by atoms with Gasteiger partial charge in [-0.1, -0.05) is 19.9 Å². The summed E-state index contributed by atoms with van der Waals surface area (Å²) in [5.41, 5.74) is 1.68. The molecule has 168 valence electrons. The molecule has 3 aromatic rings. The molecule has 0 radical (unpaired) electrons. The minimum absolute atomic E-state index is 0.234. The Hall–Kier alpha value is -3.81. The van der Waals surface area contributed by atoms with Crippen molar-refractivity contribution < 1.29 is 19.0 Å². The van der Waals surface area contributed by atoms with Crippen molar-refractivity contribution >= 4 is 12.0 Å². The van der Waals surface area contributed by atoms with Crippen LogP contribution in [-0.2, 0) is 11.3 Å². The third-order valence-electron chi connectivity index (χ3n) is 4.50. The van der Waals surface area contributed by atoms with Gasteiger partial charge in [-0.2, -0.15) is 5.10 Å². The standard InChI is InChI=1S/C24H28N4O4/c1-16(2)15-32-20-11-5-17(13-21(20)31-4)6-12-23(29)25-14-22-26-24(28-27-22)18-7-9-19(30-3)10-8-18/h5-13,16H,14-15H2,1-4H3,(H,25,29)(H,26,27,28)/b12-6+. The number of methoxy groups -OCH3 is 2. The summed E-state index contributed by atoms with van der Waals surface area (Å²) in [5, 5.41) is 9.83. The summed E-state index contributed by atoms with van der Waals surface area (Å²) in [6, 6.07) is 13.0.